The first-order chi connectivity index (χ1) is 9.99. The Morgan fingerprint density at radius 2 is 1.67 bits per heavy atom. The van der Waals surface area contributed by atoms with Crippen molar-refractivity contribution in [3.05, 3.63) is 69.8 Å². The molecule has 0 fully saturated rings. The lowest BCUT2D eigenvalue weighted by Gasteiger charge is -2.08. The number of nitro benzene ring substituents is 1. The van der Waals surface area contributed by atoms with E-state index in [1.807, 2.05) is 0 Å². The Balaban J connectivity index is 2.22. The van der Waals surface area contributed by atoms with Crippen LogP contribution in [-0.2, 0) is 0 Å². The highest BCUT2D eigenvalue weighted by molar-refractivity contribution is 6.07. The number of nitrogens with one attached hydrogen (secondary N) is 1. The van der Waals surface area contributed by atoms with Gasteiger partial charge in [0.2, 0.25) is 0 Å². The van der Waals surface area contributed by atoms with E-state index in [2.05, 4.69) is 5.32 Å². The van der Waals surface area contributed by atoms with Crippen LogP contribution in [0.25, 0.3) is 0 Å². The molecule has 2 rings (SSSR count). The molecule has 21 heavy (non-hydrogen) atoms. The monoisotopic (exact) mass is 286 g/mol. The molecule has 0 saturated heterocycles. The minimum Gasteiger partial charge on any atom is -0.478 e. The minimum absolute atomic E-state index is 0.0345. The first-order valence-corrected chi connectivity index (χ1v) is 5.87. The van der Waals surface area contributed by atoms with E-state index in [1.165, 1.54) is 36.4 Å². The van der Waals surface area contributed by atoms with Gasteiger partial charge in [-0.15, -0.1) is 0 Å². The highest BCUT2D eigenvalue weighted by Crippen LogP contribution is 2.17. The Kier molecular flexibility index (Phi) is 3.94. The van der Waals surface area contributed by atoms with E-state index < -0.39 is 16.8 Å². The van der Waals surface area contributed by atoms with Gasteiger partial charge in [0.05, 0.1) is 16.2 Å². The quantitative estimate of drug-likeness (QED) is 0.663. The molecular weight excluding hydrogens is 276 g/mol. The van der Waals surface area contributed by atoms with Crippen LogP contribution < -0.4 is 5.32 Å². The number of nitrogens with zero attached hydrogens (tertiary/aromatic N) is 1. The molecule has 7 nitrogen and oxygen atoms in total. The number of carboxylic acids is 1. The number of hydrogen-bond donors (Lipinski definition) is 2. The summed E-state index contributed by atoms with van der Waals surface area (Å²) in [7, 11) is 0. The van der Waals surface area contributed by atoms with Crippen molar-refractivity contribution in [3.63, 3.8) is 0 Å². The molecule has 0 radical (unpaired) electrons. The maximum atomic E-state index is 12.0. The fourth-order valence-corrected chi connectivity index (χ4v) is 1.71. The van der Waals surface area contributed by atoms with Gasteiger partial charge in [-0.2, -0.15) is 0 Å². The number of rotatable bonds is 4. The maximum Gasteiger partial charge on any atom is 0.337 e. The zero-order valence-electron chi connectivity index (χ0n) is 10.6. The summed E-state index contributed by atoms with van der Waals surface area (Å²) in [6.07, 6.45) is 0. The van der Waals surface area contributed by atoms with Gasteiger partial charge in [-0.05, 0) is 24.3 Å². The van der Waals surface area contributed by atoms with Gasteiger partial charge in [0.25, 0.3) is 11.6 Å². The van der Waals surface area contributed by atoms with Crippen molar-refractivity contribution in [1.82, 2.24) is 0 Å². The van der Waals surface area contributed by atoms with E-state index in [4.69, 9.17) is 5.11 Å². The van der Waals surface area contributed by atoms with E-state index in [-0.39, 0.29) is 22.5 Å². The number of amides is 1. The van der Waals surface area contributed by atoms with Crippen LogP contribution in [0.2, 0.25) is 0 Å². The predicted octanol–water partition coefficient (Wildman–Crippen LogP) is 2.55. The molecule has 7 heteroatoms. The van der Waals surface area contributed by atoms with Gasteiger partial charge < -0.3 is 10.4 Å². The molecule has 2 aromatic carbocycles. The normalized spacial score (nSPS) is 9.90. The van der Waals surface area contributed by atoms with Gasteiger partial charge in [0.1, 0.15) is 0 Å². The summed E-state index contributed by atoms with van der Waals surface area (Å²) in [5, 5.41) is 22.0. The van der Waals surface area contributed by atoms with Crippen molar-refractivity contribution in [2.45, 2.75) is 0 Å². The van der Waals surface area contributed by atoms with Gasteiger partial charge in [-0.25, -0.2) is 4.79 Å². The van der Waals surface area contributed by atoms with Crippen LogP contribution >= 0.6 is 0 Å². The van der Waals surface area contributed by atoms with Crippen molar-refractivity contribution in [3.8, 4) is 0 Å². The van der Waals surface area contributed by atoms with Crippen molar-refractivity contribution in [2.24, 2.45) is 0 Å². The molecule has 0 aliphatic carbocycles. The molecule has 0 aliphatic heterocycles. The summed E-state index contributed by atoms with van der Waals surface area (Å²) in [6, 6.07) is 11.0. The first-order valence-electron chi connectivity index (χ1n) is 5.87. The second-order valence-corrected chi connectivity index (χ2v) is 4.11. The van der Waals surface area contributed by atoms with E-state index in [9.17, 15) is 19.7 Å². The van der Waals surface area contributed by atoms with Crippen LogP contribution in [0.3, 0.4) is 0 Å². The molecule has 0 unspecified atom stereocenters. The minimum atomic E-state index is -1.16. The number of carboxylic acid groups (broad SMARTS) is 1. The van der Waals surface area contributed by atoms with Gasteiger partial charge in [-0.3, -0.25) is 14.9 Å². The Labute approximate surface area is 119 Å². The average Bonchev–Trinajstić information content (AvgIpc) is 2.47. The largest absolute Gasteiger partial charge is 0.478 e. The lowest BCUT2D eigenvalue weighted by Crippen LogP contribution is -2.14. The van der Waals surface area contributed by atoms with Gasteiger partial charge in [0, 0.05) is 17.7 Å². The molecule has 2 N–H and O–H groups in total. The van der Waals surface area contributed by atoms with Crippen molar-refractivity contribution >= 4 is 23.3 Å². The highest BCUT2D eigenvalue weighted by Gasteiger charge is 2.14. The summed E-state index contributed by atoms with van der Waals surface area (Å²) in [4.78, 5) is 33.0. The number of nitro groups is 1. The number of aromatic carboxylic acids is 1. The third-order valence-corrected chi connectivity index (χ3v) is 2.75. The van der Waals surface area contributed by atoms with Crippen LogP contribution in [0, 0.1) is 10.1 Å². The van der Waals surface area contributed by atoms with Crippen molar-refractivity contribution < 1.29 is 19.6 Å². The Morgan fingerprint density at radius 1 is 1.05 bits per heavy atom. The molecule has 2 aromatic rings. The second-order valence-electron chi connectivity index (χ2n) is 4.11. The number of non-ortho nitro benzene ring substituents is 1. The molecule has 0 aliphatic rings. The summed E-state index contributed by atoms with van der Waals surface area (Å²) in [5.74, 6) is -1.70. The fourth-order valence-electron chi connectivity index (χ4n) is 1.71. The predicted molar refractivity (Wildman–Crippen MR) is 74.5 cm³/mol. The van der Waals surface area contributed by atoms with Gasteiger partial charge in [-0.1, -0.05) is 12.1 Å². The first kappa shape index (κ1) is 14.2. The van der Waals surface area contributed by atoms with Crippen LogP contribution in [-0.4, -0.2) is 21.9 Å². The smallest absolute Gasteiger partial charge is 0.337 e. The van der Waals surface area contributed by atoms with E-state index in [0.29, 0.717) is 0 Å². The van der Waals surface area contributed by atoms with Crippen molar-refractivity contribution in [1.29, 1.82) is 0 Å². The van der Waals surface area contributed by atoms with Crippen LogP contribution in [0.15, 0.2) is 48.5 Å². The topological polar surface area (TPSA) is 110 Å². The fraction of sp³-hybridized carbons (Fsp3) is 0. The molecule has 0 atom stereocenters. The zero-order chi connectivity index (χ0) is 15.4. The second kappa shape index (κ2) is 5.83. The molecule has 0 bridgehead atoms. The Bertz CT molecular complexity index is 710. The van der Waals surface area contributed by atoms with Crippen molar-refractivity contribution in [2.75, 3.05) is 5.32 Å². The SMILES string of the molecule is O=C(Nc1ccccc1C(=O)O)c1ccc([N+](=O)[O-])cc1. The Hall–Kier alpha value is -3.22. The lowest BCUT2D eigenvalue weighted by atomic mass is 10.1. The summed E-state index contributed by atoms with van der Waals surface area (Å²) < 4.78 is 0. The number of benzene rings is 2. The summed E-state index contributed by atoms with van der Waals surface area (Å²) in [6.45, 7) is 0. The molecule has 0 saturated carbocycles. The number of carbonyl (C=O) groups is 2. The highest BCUT2D eigenvalue weighted by atomic mass is 16.6. The number of hydrogen-bond acceptors (Lipinski definition) is 4. The Morgan fingerprint density at radius 3 is 2.24 bits per heavy atom. The van der Waals surface area contributed by atoms with Gasteiger partial charge in [0.15, 0.2) is 0 Å². The molecule has 0 heterocycles. The summed E-state index contributed by atoms with van der Waals surface area (Å²) in [5.41, 5.74) is 0.194. The van der Waals surface area contributed by atoms with E-state index in [0.717, 1.165) is 0 Å². The number of para-hydroxylation sites is 1. The third kappa shape index (κ3) is 3.21. The maximum absolute atomic E-state index is 12.0. The molecule has 106 valence electrons. The third-order valence-electron chi connectivity index (χ3n) is 2.75. The standard InChI is InChI=1S/C14H10N2O5/c17-13(9-5-7-10(8-6-9)16(20)21)15-12-4-2-1-3-11(12)14(18)19/h1-8H,(H,15,17)(H,18,19). The molecule has 1 amide bonds. The zero-order valence-corrected chi connectivity index (χ0v) is 10.6. The van der Waals surface area contributed by atoms with Crippen LogP contribution in [0.5, 0.6) is 0 Å². The molecular formula is C14H10N2O5. The lowest BCUT2D eigenvalue weighted by molar-refractivity contribution is -0.384. The average molecular weight is 286 g/mol. The number of anilines is 1. The van der Waals surface area contributed by atoms with E-state index in [1.54, 1.807) is 12.1 Å². The van der Waals surface area contributed by atoms with E-state index >= 15 is 0 Å². The number of carbonyl (C=O) groups excluding carboxylic acids is 1. The van der Waals surface area contributed by atoms with Gasteiger partial charge >= 0.3 is 5.97 Å². The van der Waals surface area contributed by atoms with Crippen LogP contribution in [0.4, 0.5) is 11.4 Å². The summed E-state index contributed by atoms with van der Waals surface area (Å²) >= 11 is 0. The van der Waals surface area contributed by atoms with Crippen LogP contribution in [0.1, 0.15) is 20.7 Å². The molecule has 0 aromatic heterocycles. The molecule has 0 spiro atoms.